The Bertz CT molecular complexity index is 981. The van der Waals surface area contributed by atoms with E-state index < -0.39 is 6.10 Å². The summed E-state index contributed by atoms with van der Waals surface area (Å²) in [5.41, 5.74) is 4.08. The van der Waals surface area contributed by atoms with Gasteiger partial charge in [0.15, 0.2) is 6.10 Å². The van der Waals surface area contributed by atoms with E-state index in [-0.39, 0.29) is 12.5 Å². The van der Waals surface area contributed by atoms with E-state index in [0.29, 0.717) is 17.5 Å². The highest BCUT2D eigenvalue weighted by Crippen LogP contribution is 2.21. The Kier molecular flexibility index (Phi) is 5.78. The van der Waals surface area contributed by atoms with Crippen molar-refractivity contribution < 1.29 is 14.1 Å². The standard InChI is InChI=1S/C22H25N3O3/c1-14-7-6-8-18(11-14)21-23-20(28-24-21)13-25(5)22(26)17(4)27-19-12-15(2)9-10-16(19)3/h6-12,17H,13H2,1-5H3/t17-/m0/s1. The van der Waals surface area contributed by atoms with Crippen LogP contribution in [0.1, 0.15) is 29.5 Å². The van der Waals surface area contributed by atoms with Crippen LogP contribution < -0.4 is 4.74 Å². The molecule has 1 heterocycles. The number of amides is 1. The Balaban J connectivity index is 1.65. The van der Waals surface area contributed by atoms with Crippen LogP contribution in [0.5, 0.6) is 5.75 Å². The smallest absolute Gasteiger partial charge is 0.263 e. The van der Waals surface area contributed by atoms with Gasteiger partial charge in [-0.05, 0) is 51.0 Å². The maximum absolute atomic E-state index is 12.7. The van der Waals surface area contributed by atoms with Crippen LogP contribution in [-0.2, 0) is 11.3 Å². The van der Waals surface area contributed by atoms with Crippen LogP contribution in [0.2, 0.25) is 0 Å². The maximum atomic E-state index is 12.7. The second-order valence-electron chi connectivity index (χ2n) is 7.10. The van der Waals surface area contributed by atoms with Crippen molar-refractivity contribution in [3.05, 3.63) is 65.0 Å². The molecule has 0 radical (unpaired) electrons. The van der Waals surface area contributed by atoms with Crippen molar-refractivity contribution in [3.63, 3.8) is 0 Å². The molecule has 6 nitrogen and oxygen atoms in total. The summed E-state index contributed by atoms with van der Waals surface area (Å²) in [4.78, 5) is 18.6. The lowest BCUT2D eigenvalue weighted by atomic mass is 10.1. The molecule has 0 bridgehead atoms. The van der Waals surface area contributed by atoms with Crippen LogP contribution in [0.15, 0.2) is 47.0 Å². The van der Waals surface area contributed by atoms with Crippen LogP contribution >= 0.6 is 0 Å². The lowest BCUT2D eigenvalue weighted by molar-refractivity contribution is -0.137. The first-order chi connectivity index (χ1) is 13.3. The number of aryl methyl sites for hydroxylation is 3. The predicted octanol–water partition coefficient (Wildman–Crippen LogP) is 4.09. The summed E-state index contributed by atoms with van der Waals surface area (Å²) < 4.78 is 11.2. The molecule has 0 saturated heterocycles. The monoisotopic (exact) mass is 379 g/mol. The van der Waals surface area contributed by atoms with Gasteiger partial charge in [0.1, 0.15) is 5.75 Å². The fraction of sp³-hybridized carbons (Fsp3) is 0.318. The van der Waals surface area contributed by atoms with E-state index in [1.54, 1.807) is 14.0 Å². The first kappa shape index (κ1) is 19.6. The second-order valence-corrected chi connectivity index (χ2v) is 7.10. The highest BCUT2D eigenvalue weighted by molar-refractivity contribution is 5.80. The number of likely N-dealkylation sites (N-methyl/N-ethyl adjacent to an activating group) is 1. The minimum Gasteiger partial charge on any atom is -0.481 e. The van der Waals surface area contributed by atoms with Gasteiger partial charge in [0.05, 0.1) is 6.54 Å². The van der Waals surface area contributed by atoms with E-state index in [4.69, 9.17) is 9.26 Å². The summed E-state index contributed by atoms with van der Waals surface area (Å²) in [6, 6.07) is 13.8. The van der Waals surface area contributed by atoms with Crippen LogP contribution in [-0.4, -0.2) is 34.1 Å². The molecule has 1 aromatic heterocycles. The first-order valence-corrected chi connectivity index (χ1v) is 9.22. The van der Waals surface area contributed by atoms with Crippen molar-refractivity contribution in [2.45, 2.75) is 40.3 Å². The van der Waals surface area contributed by atoms with Gasteiger partial charge in [0.2, 0.25) is 11.7 Å². The number of carbonyl (C=O) groups is 1. The molecule has 6 heteroatoms. The normalized spacial score (nSPS) is 11.9. The Morgan fingerprint density at radius 1 is 1.14 bits per heavy atom. The number of aromatic nitrogens is 2. The Labute approximate surface area is 165 Å². The Morgan fingerprint density at radius 3 is 2.64 bits per heavy atom. The summed E-state index contributed by atoms with van der Waals surface area (Å²) in [5.74, 6) is 1.45. The number of ether oxygens (including phenoxy) is 1. The predicted molar refractivity (Wildman–Crippen MR) is 107 cm³/mol. The molecule has 0 N–H and O–H groups in total. The maximum Gasteiger partial charge on any atom is 0.263 e. The molecule has 0 unspecified atom stereocenters. The molecular weight excluding hydrogens is 354 g/mol. The van der Waals surface area contributed by atoms with Crippen molar-refractivity contribution in [3.8, 4) is 17.1 Å². The summed E-state index contributed by atoms with van der Waals surface area (Å²) in [6.07, 6.45) is -0.621. The molecule has 0 aliphatic heterocycles. The first-order valence-electron chi connectivity index (χ1n) is 9.22. The third-order valence-electron chi connectivity index (χ3n) is 4.49. The van der Waals surface area contributed by atoms with Gasteiger partial charge in [-0.25, -0.2) is 0 Å². The van der Waals surface area contributed by atoms with Crippen LogP contribution in [0.25, 0.3) is 11.4 Å². The molecule has 3 rings (SSSR count). The second kappa shape index (κ2) is 8.25. The third kappa shape index (κ3) is 4.57. The number of carbonyl (C=O) groups excluding carboxylic acids is 1. The zero-order valence-corrected chi connectivity index (χ0v) is 16.9. The van der Waals surface area contributed by atoms with Gasteiger partial charge in [-0.15, -0.1) is 0 Å². The van der Waals surface area contributed by atoms with Crippen molar-refractivity contribution in [1.82, 2.24) is 15.0 Å². The molecule has 3 aromatic rings. The fourth-order valence-electron chi connectivity index (χ4n) is 2.89. The average Bonchev–Trinajstić information content (AvgIpc) is 3.12. The van der Waals surface area contributed by atoms with Crippen molar-refractivity contribution in [1.29, 1.82) is 0 Å². The van der Waals surface area contributed by atoms with Gasteiger partial charge in [-0.1, -0.05) is 41.1 Å². The molecule has 28 heavy (non-hydrogen) atoms. The van der Waals surface area contributed by atoms with E-state index in [0.717, 1.165) is 22.3 Å². The van der Waals surface area contributed by atoms with Crippen molar-refractivity contribution in [2.75, 3.05) is 7.05 Å². The van der Waals surface area contributed by atoms with Crippen LogP contribution in [0.3, 0.4) is 0 Å². The average molecular weight is 379 g/mol. The van der Waals surface area contributed by atoms with Crippen LogP contribution in [0, 0.1) is 20.8 Å². The van der Waals surface area contributed by atoms with E-state index >= 15 is 0 Å². The molecular formula is C22H25N3O3. The van der Waals surface area contributed by atoms with Crippen molar-refractivity contribution >= 4 is 5.91 Å². The number of hydrogen-bond donors (Lipinski definition) is 0. The number of rotatable bonds is 6. The molecule has 2 aromatic carbocycles. The minimum atomic E-state index is -0.621. The largest absolute Gasteiger partial charge is 0.481 e. The van der Waals surface area contributed by atoms with E-state index in [9.17, 15) is 4.79 Å². The van der Waals surface area contributed by atoms with E-state index in [1.165, 1.54) is 4.90 Å². The summed E-state index contributed by atoms with van der Waals surface area (Å²) in [6.45, 7) is 7.92. The highest BCUT2D eigenvalue weighted by Gasteiger charge is 2.22. The van der Waals surface area contributed by atoms with Crippen LogP contribution in [0.4, 0.5) is 0 Å². The molecule has 0 saturated carbocycles. The Morgan fingerprint density at radius 2 is 1.89 bits per heavy atom. The topological polar surface area (TPSA) is 68.5 Å². The third-order valence-corrected chi connectivity index (χ3v) is 4.49. The van der Waals surface area contributed by atoms with Crippen molar-refractivity contribution in [2.24, 2.45) is 0 Å². The number of nitrogens with zero attached hydrogens (tertiary/aromatic N) is 3. The Hall–Kier alpha value is -3.15. The minimum absolute atomic E-state index is 0.156. The quantitative estimate of drug-likeness (QED) is 0.645. The SMILES string of the molecule is Cc1cccc(-c2noc(CN(C)C(=O)[C@H](C)Oc3cc(C)ccc3C)n2)c1. The molecule has 146 valence electrons. The lowest BCUT2D eigenvalue weighted by Crippen LogP contribution is -2.37. The van der Waals surface area contributed by atoms with Gasteiger partial charge in [0, 0.05) is 12.6 Å². The molecule has 1 atom stereocenters. The zero-order chi connectivity index (χ0) is 20.3. The molecule has 0 aliphatic rings. The fourth-order valence-corrected chi connectivity index (χ4v) is 2.89. The van der Waals surface area contributed by atoms with Gasteiger partial charge in [0.25, 0.3) is 5.91 Å². The van der Waals surface area contributed by atoms with Gasteiger partial charge < -0.3 is 14.2 Å². The summed E-state index contributed by atoms with van der Waals surface area (Å²) in [5, 5.41) is 4.02. The molecule has 0 aliphatic carbocycles. The van der Waals surface area contributed by atoms with Gasteiger partial charge in [-0.2, -0.15) is 4.98 Å². The van der Waals surface area contributed by atoms with Gasteiger partial charge in [-0.3, -0.25) is 4.79 Å². The molecule has 0 spiro atoms. The molecule has 0 fully saturated rings. The van der Waals surface area contributed by atoms with E-state index in [1.807, 2.05) is 63.2 Å². The van der Waals surface area contributed by atoms with Gasteiger partial charge >= 0.3 is 0 Å². The summed E-state index contributed by atoms with van der Waals surface area (Å²) >= 11 is 0. The highest BCUT2D eigenvalue weighted by atomic mass is 16.5. The zero-order valence-electron chi connectivity index (χ0n) is 16.9. The lowest BCUT2D eigenvalue weighted by Gasteiger charge is -2.21. The number of hydrogen-bond acceptors (Lipinski definition) is 5. The number of benzene rings is 2. The summed E-state index contributed by atoms with van der Waals surface area (Å²) in [7, 11) is 1.70. The molecule has 1 amide bonds. The van der Waals surface area contributed by atoms with E-state index in [2.05, 4.69) is 10.1 Å².